The van der Waals surface area contributed by atoms with Gasteiger partial charge in [0.1, 0.15) is 0 Å². The number of nitrogens with zero attached hydrogens (tertiary/aromatic N) is 2. The lowest BCUT2D eigenvalue weighted by Crippen LogP contribution is -2.40. The normalized spacial score (nSPS) is 18.1. The third-order valence-corrected chi connectivity index (χ3v) is 10.4. The molecule has 4 rings (SSSR count). The number of thiazole rings is 1. The number of rotatable bonds is 9. The fourth-order valence-corrected chi connectivity index (χ4v) is 8.28. The summed E-state index contributed by atoms with van der Waals surface area (Å²) in [6.07, 6.45) is 3.17. The summed E-state index contributed by atoms with van der Waals surface area (Å²) in [5, 5.41) is 14.0. The van der Waals surface area contributed by atoms with Crippen LogP contribution in [0.25, 0.3) is 10.4 Å². The molecule has 10 nitrogen and oxygen atoms in total. The molecule has 0 aliphatic heterocycles. The van der Waals surface area contributed by atoms with E-state index in [-0.39, 0.29) is 28.6 Å². The van der Waals surface area contributed by atoms with Crippen molar-refractivity contribution in [3.63, 3.8) is 0 Å². The van der Waals surface area contributed by atoms with Crippen LogP contribution in [0, 0.1) is 0 Å². The Labute approximate surface area is 263 Å². The molecule has 1 fully saturated rings. The molecule has 1 saturated carbocycles. The van der Waals surface area contributed by atoms with Gasteiger partial charge in [-0.05, 0) is 84.9 Å². The van der Waals surface area contributed by atoms with E-state index in [4.69, 9.17) is 4.74 Å². The van der Waals surface area contributed by atoms with Crippen LogP contribution in [0.2, 0.25) is 0 Å². The van der Waals surface area contributed by atoms with Crippen LogP contribution in [0.1, 0.15) is 89.8 Å². The maximum Gasteiger partial charge on any atom is 0.412 e. The van der Waals surface area contributed by atoms with Crippen molar-refractivity contribution in [2.75, 3.05) is 4.90 Å². The van der Waals surface area contributed by atoms with Gasteiger partial charge in [-0.3, -0.25) is 4.90 Å². The lowest BCUT2D eigenvalue weighted by Gasteiger charge is -2.28. The lowest BCUT2D eigenvalue weighted by atomic mass is 9.86. The molecule has 2 aromatic carbocycles. The first-order valence-corrected chi connectivity index (χ1v) is 17.1. The standard InChI is InChI=1S/C32H42N4O6S2/c1-20(2)42-30(37)34-24-14-12-23(13-15-24)29-33-19-27(43-29)26-17-16-25(18-28(26)44(40,41)35-32(4,5)6)36(31(38)39)21(3)22-10-8-7-9-11-22/h7-11,16-21,23-24,35H,12-15H2,1-6H3,(H,34,37)(H,38,39)/t21-,23?,24?/m0/s1. The number of sulfonamides is 1. The Kier molecular flexibility index (Phi) is 10.4. The molecule has 12 heteroatoms. The van der Waals surface area contributed by atoms with Crippen molar-refractivity contribution in [2.24, 2.45) is 0 Å². The monoisotopic (exact) mass is 642 g/mol. The van der Waals surface area contributed by atoms with E-state index >= 15 is 0 Å². The highest BCUT2D eigenvalue weighted by molar-refractivity contribution is 7.89. The predicted molar refractivity (Wildman–Crippen MR) is 173 cm³/mol. The molecule has 1 atom stereocenters. The molecule has 0 spiro atoms. The van der Waals surface area contributed by atoms with E-state index in [0.29, 0.717) is 10.4 Å². The Morgan fingerprint density at radius 2 is 1.70 bits per heavy atom. The summed E-state index contributed by atoms with van der Waals surface area (Å²) in [7, 11) is -4.05. The topological polar surface area (TPSA) is 138 Å². The van der Waals surface area contributed by atoms with Crippen LogP contribution in [-0.4, -0.2) is 48.4 Å². The number of anilines is 1. The van der Waals surface area contributed by atoms with Crippen molar-refractivity contribution in [3.8, 4) is 10.4 Å². The van der Waals surface area contributed by atoms with Crippen molar-refractivity contribution in [1.82, 2.24) is 15.0 Å². The number of hydrogen-bond donors (Lipinski definition) is 3. The van der Waals surface area contributed by atoms with Crippen LogP contribution >= 0.6 is 11.3 Å². The number of ether oxygens (including phenoxy) is 1. The SMILES string of the molecule is CC(C)OC(=O)NC1CCC(c2ncc(-c3ccc(N(C(=O)O)[C@@H](C)c4ccccc4)cc3S(=O)(=O)NC(C)(C)C)s2)CC1. The van der Waals surface area contributed by atoms with Crippen molar-refractivity contribution in [3.05, 3.63) is 65.3 Å². The second kappa shape index (κ2) is 13.7. The lowest BCUT2D eigenvalue weighted by molar-refractivity contribution is 0.109. The van der Waals surface area contributed by atoms with E-state index in [1.54, 1.807) is 46.0 Å². The molecule has 2 amide bonds. The number of alkyl carbamates (subject to hydrolysis) is 1. The van der Waals surface area contributed by atoms with Gasteiger partial charge in [0.25, 0.3) is 0 Å². The van der Waals surface area contributed by atoms with E-state index in [9.17, 15) is 23.1 Å². The van der Waals surface area contributed by atoms with Gasteiger partial charge in [-0.2, -0.15) is 0 Å². The number of carbonyl (C=O) groups is 2. The molecule has 0 saturated heterocycles. The molecule has 1 aromatic heterocycles. The van der Waals surface area contributed by atoms with Crippen molar-refractivity contribution >= 4 is 39.2 Å². The molecule has 0 unspecified atom stereocenters. The summed E-state index contributed by atoms with van der Waals surface area (Å²) in [6.45, 7) is 10.7. The minimum Gasteiger partial charge on any atom is -0.465 e. The maximum atomic E-state index is 13.8. The second-order valence-electron chi connectivity index (χ2n) is 12.5. The summed E-state index contributed by atoms with van der Waals surface area (Å²) < 4.78 is 35.5. The number of nitrogens with one attached hydrogen (secondary N) is 2. The summed E-state index contributed by atoms with van der Waals surface area (Å²) in [4.78, 5) is 31.0. The van der Waals surface area contributed by atoms with Crippen LogP contribution in [-0.2, 0) is 14.8 Å². The number of benzene rings is 2. The first-order valence-electron chi connectivity index (χ1n) is 14.8. The molecular weight excluding hydrogens is 601 g/mol. The maximum absolute atomic E-state index is 13.8. The fraction of sp³-hybridized carbons (Fsp3) is 0.469. The zero-order valence-electron chi connectivity index (χ0n) is 26.0. The molecule has 238 valence electrons. The Morgan fingerprint density at radius 1 is 1.05 bits per heavy atom. The van der Waals surface area contributed by atoms with Crippen LogP contribution in [0.5, 0.6) is 0 Å². The van der Waals surface area contributed by atoms with Gasteiger partial charge in [-0.1, -0.05) is 36.4 Å². The molecule has 44 heavy (non-hydrogen) atoms. The third-order valence-electron chi connectivity index (χ3n) is 7.38. The molecule has 1 aliphatic rings. The molecule has 3 aromatic rings. The highest BCUT2D eigenvalue weighted by atomic mass is 32.2. The Morgan fingerprint density at radius 3 is 2.30 bits per heavy atom. The first-order chi connectivity index (χ1) is 20.6. The highest BCUT2D eigenvalue weighted by Gasteiger charge is 2.31. The molecule has 1 heterocycles. The smallest absolute Gasteiger partial charge is 0.412 e. The Balaban J connectivity index is 1.65. The minimum absolute atomic E-state index is 0.0109. The van der Waals surface area contributed by atoms with Gasteiger partial charge in [0, 0.05) is 34.9 Å². The van der Waals surface area contributed by atoms with Crippen LogP contribution < -0.4 is 14.9 Å². The zero-order valence-corrected chi connectivity index (χ0v) is 27.7. The van der Waals surface area contributed by atoms with E-state index in [1.807, 2.05) is 44.2 Å². The molecule has 1 aliphatic carbocycles. The van der Waals surface area contributed by atoms with Gasteiger partial charge in [-0.15, -0.1) is 11.3 Å². The van der Waals surface area contributed by atoms with Gasteiger partial charge < -0.3 is 15.2 Å². The number of carboxylic acid groups (broad SMARTS) is 1. The van der Waals surface area contributed by atoms with Crippen LogP contribution in [0.15, 0.2) is 59.6 Å². The summed E-state index contributed by atoms with van der Waals surface area (Å²) in [5.74, 6) is 0.189. The molecule has 0 bridgehead atoms. The Bertz CT molecular complexity index is 1560. The van der Waals surface area contributed by atoms with Crippen molar-refractivity contribution in [2.45, 2.75) is 102 Å². The molecular formula is C32H42N4O6S2. The fourth-order valence-electron chi connectivity index (χ4n) is 5.43. The van der Waals surface area contributed by atoms with E-state index < -0.39 is 33.8 Å². The Hall–Kier alpha value is -3.48. The average molecular weight is 643 g/mol. The molecule has 0 radical (unpaired) electrons. The van der Waals surface area contributed by atoms with E-state index in [2.05, 4.69) is 15.0 Å². The second-order valence-corrected chi connectivity index (χ2v) is 15.2. The highest BCUT2D eigenvalue weighted by Crippen LogP contribution is 2.41. The predicted octanol–water partition coefficient (Wildman–Crippen LogP) is 7.29. The van der Waals surface area contributed by atoms with Gasteiger partial charge in [-0.25, -0.2) is 27.7 Å². The van der Waals surface area contributed by atoms with Gasteiger partial charge in [0.15, 0.2) is 0 Å². The van der Waals surface area contributed by atoms with Gasteiger partial charge in [0.05, 0.1) is 26.9 Å². The first kappa shape index (κ1) is 33.4. The zero-order chi connectivity index (χ0) is 32.2. The van der Waals surface area contributed by atoms with Crippen molar-refractivity contribution < 1.29 is 27.9 Å². The van der Waals surface area contributed by atoms with Gasteiger partial charge >= 0.3 is 12.2 Å². The average Bonchev–Trinajstić information content (AvgIpc) is 3.42. The van der Waals surface area contributed by atoms with E-state index in [1.165, 1.54) is 22.3 Å². The summed E-state index contributed by atoms with van der Waals surface area (Å²) in [5.41, 5.74) is 0.727. The number of amides is 2. The van der Waals surface area contributed by atoms with Crippen LogP contribution in [0.4, 0.5) is 15.3 Å². The molecule has 3 N–H and O–H groups in total. The van der Waals surface area contributed by atoms with E-state index in [0.717, 1.165) is 36.3 Å². The number of aromatic nitrogens is 1. The third kappa shape index (κ3) is 8.36. The van der Waals surface area contributed by atoms with Crippen LogP contribution in [0.3, 0.4) is 0 Å². The van der Waals surface area contributed by atoms with Gasteiger partial charge in [0.2, 0.25) is 10.0 Å². The largest absolute Gasteiger partial charge is 0.465 e. The quantitative estimate of drug-likeness (QED) is 0.223. The van der Waals surface area contributed by atoms with Crippen molar-refractivity contribution in [1.29, 1.82) is 0 Å². The minimum atomic E-state index is -4.05. The summed E-state index contributed by atoms with van der Waals surface area (Å²) in [6, 6.07) is 13.4. The number of hydrogen-bond acceptors (Lipinski definition) is 7. The summed E-state index contributed by atoms with van der Waals surface area (Å²) >= 11 is 1.44. The number of carbonyl (C=O) groups excluding carboxylic acids is 1.